The fourth-order valence-electron chi connectivity index (χ4n) is 1.64. The van der Waals surface area contributed by atoms with Crippen LogP contribution in [0.4, 0.5) is 0 Å². The Hall–Kier alpha value is -0.410. The maximum Gasteiger partial charge on any atom is 0.107 e. The Morgan fingerprint density at radius 1 is 1.33 bits per heavy atom. The average Bonchev–Trinajstić information content (AvgIpc) is 2.44. The van der Waals surface area contributed by atoms with Crippen LogP contribution in [0.3, 0.4) is 0 Å². The van der Waals surface area contributed by atoms with Gasteiger partial charge in [-0.2, -0.15) is 0 Å². The van der Waals surface area contributed by atoms with Crippen LogP contribution in [0, 0.1) is 13.8 Å². The predicted molar refractivity (Wildman–Crippen MR) is 67.4 cm³/mol. The molecule has 86 valence electrons. The van der Waals surface area contributed by atoms with Crippen molar-refractivity contribution in [3.05, 3.63) is 15.6 Å². The third-order valence-electron chi connectivity index (χ3n) is 2.67. The van der Waals surface area contributed by atoms with Gasteiger partial charge in [-0.3, -0.25) is 0 Å². The zero-order chi connectivity index (χ0) is 11.5. The topological polar surface area (TPSA) is 24.9 Å². The molecular formula is C12H22N2S. The number of thiazole rings is 1. The van der Waals surface area contributed by atoms with E-state index < -0.39 is 0 Å². The van der Waals surface area contributed by atoms with Crippen molar-refractivity contribution in [2.24, 2.45) is 0 Å². The Balaban J connectivity index is 2.49. The SMILES string of the molecule is CCCC(C)(C)NCc1nc(C)c(C)s1. The van der Waals surface area contributed by atoms with Crippen LogP contribution in [-0.2, 0) is 6.54 Å². The molecule has 0 aliphatic heterocycles. The van der Waals surface area contributed by atoms with Gasteiger partial charge in [-0.1, -0.05) is 13.3 Å². The smallest absolute Gasteiger partial charge is 0.107 e. The summed E-state index contributed by atoms with van der Waals surface area (Å²) in [6, 6.07) is 0. The van der Waals surface area contributed by atoms with Gasteiger partial charge in [-0.05, 0) is 34.1 Å². The second-order valence-electron chi connectivity index (χ2n) is 4.74. The highest BCUT2D eigenvalue weighted by atomic mass is 32.1. The molecule has 0 aliphatic rings. The first kappa shape index (κ1) is 12.7. The minimum atomic E-state index is 0.224. The van der Waals surface area contributed by atoms with Gasteiger partial charge in [0.05, 0.1) is 5.69 Å². The highest BCUT2D eigenvalue weighted by Crippen LogP contribution is 2.18. The van der Waals surface area contributed by atoms with Crippen molar-refractivity contribution in [1.82, 2.24) is 10.3 Å². The Labute approximate surface area is 97.1 Å². The van der Waals surface area contributed by atoms with E-state index in [9.17, 15) is 0 Å². The molecule has 0 fully saturated rings. The van der Waals surface area contributed by atoms with E-state index in [1.807, 2.05) is 0 Å². The molecule has 1 aromatic heterocycles. The van der Waals surface area contributed by atoms with E-state index in [-0.39, 0.29) is 5.54 Å². The number of hydrogen-bond donors (Lipinski definition) is 1. The highest BCUT2D eigenvalue weighted by molar-refractivity contribution is 7.11. The van der Waals surface area contributed by atoms with Crippen molar-refractivity contribution in [1.29, 1.82) is 0 Å². The summed E-state index contributed by atoms with van der Waals surface area (Å²) in [7, 11) is 0. The van der Waals surface area contributed by atoms with Gasteiger partial charge in [0.25, 0.3) is 0 Å². The molecule has 0 atom stereocenters. The minimum absolute atomic E-state index is 0.224. The Morgan fingerprint density at radius 2 is 2.00 bits per heavy atom. The number of nitrogens with one attached hydrogen (secondary N) is 1. The predicted octanol–water partition coefficient (Wildman–Crippen LogP) is 3.43. The van der Waals surface area contributed by atoms with E-state index >= 15 is 0 Å². The molecule has 1 N–H and O–H groups in total. The fourth-order valence-corrected chi connectivity index (χ4v) is 2.52. The normalized spacial score (nSPS) is 12.1. The lowest BCUT2D eigenvalue weighted by Crippen LogP contribution is -2.38. The van der Waals surface area contributed by atoms with Gasteiger partial charge in [-0.15, -0.1) is 11.3 Å². The molecule has 0 aliphatic carbocycles. The quantitative estimate of drug-likeness (QED) is 0.832. The van der Waals surface area contributed by atoms with E-state index in [1.54, 1.807) is 11.3 Å². The third-order valence-corrected chi connectivity index (χ3v) is 3.74. The van der Waals surface area contributed by atoms with Gasteiger partial charge in [-0.25, -0.2) is 4.98 Å². The Bertz CT molecular complexity index is 296. The maximum absolute atomic E-state index is 4.53. The number of rotatable bonds is 5. The zero-order valence-corrected chi connectivity index (χ0v) is 11.3. The number of nitrogens with zero attached hydrogens (tertiary/aromatic N) is 1. The van der Waals surface area contributed by atoms with E-state index in [2.05, 4.69) is 44.9 Å². The number of aryl methyl sites for hydroxylation is 2. The standard InChI is InChI=1S/C12H22N2S/c1-6-7-12(4,5)13-8-11-14-9(2)10(3)15-11/h13H,6-8H2,1-5H3. The molecule has 0 spiro atoms. The molecule has 0 bridgehead atoms. The summed E-state index contributed by atoms with van der Waals surface area (Å²) in [4.78, 5) is 5.86. The van der Waals surface area contributed by atoms with Crippen molar-refractivity contribution in [3.8, 4) is 0 Å². The van der Waals surface area contributed by atoms with E-state index in [0.717, 1.165) is 6.54 Å². The average molecular weight is 226 g/mol. The number of aromatic nitrogens is 1. The van der Waals surface area contributed by atoms with Gasteiger partial charge in [0.2, 0.25) is 0 Å². The van der Waals surface area contributed by atoms with Crippen molar-refractivity contribution in [2.75, 3.05) is 0 Å². The first-order valence-electron chi connectivity index (χ1n) is 5.62. The van der Waals surface area contributed by atoms with Crippen molar-refractivity contribution < 1.29 is 0 Å². The third kappa shape index (κ3) is 3.92. The molecule has 0 unspecified atom stereocenters. The molecule has 0 aromatic carbocycles. The van der Waals surface area contributed by atoms with Crippen LogP contribution >= 0.6 is 11.3 Å². The summed E-state index contributed by atoms with van der Waals surface area (Å²) in [5.74, 6) is 0. The molecule has 3 heteroatoms. The zero-order valence-electron chi connectivity index (χ0n) is 10.5. The van der Waals surface area contributed by atoms with Gasteiger partial charge in [0.15, 0.2) is 0 Å². The van der Waals surface area contributed by atoms with Gasteiger partial charge in [0, 0.05) is 17.0 Å². The summed E-state index contributed by atoms with van der Waals surface area (Å²) < 4.78 is 0. The van der Waals surface area contributed by atoms with E-state index in [4.69, 9.17) is 0 Å². The lowest BCUT2D eigenvalue weighted by atomic mass is 9.99. The maximum atomic E-state index is 4.53. The Kier molecular flexibility index (Phi) is 4.29. The summed E-state index contributed by atoms with van der Waals surface area (Å²) in [5, 5.41) is 4.77. The molecule has 0 amide bonds. The lowest BCUT2D eigenvalue weighted by molar-refractivity contribution is 0.356. The second-order valence-corrected chi connectivity index (χ2v) is 6.02. The Morgan fingerprint density at radius 3 is 2.47 bits per heavy atom. The molecule has 0 saturated carbocycles. The summed E-state index contributed by atoms with van der Waals surface area (Å²) in [6.07, 6.45) is 2.42. The highest BCUT2D eigenvalue weighted by Gasteiger charge is 2.16. The largest absolute Gasteiger partial charge is 0.305 e. The summed E-state index contributed by atoms with van der Waals surface area (Å²) in [6.45, 7) is 11.8. The molecule has 0 radical (unpaired) electrons. The van der Waals surface area contributed by atoms with Crippen LogP contribution in [0.1, 0.15) is 49.2 Å². The molecule has 0 saturated heterocycles. The molecule has 15 heavy (non-hydrogen) atoms. The monoisotopic (exact) mass is 226 g/mol. The second kappa shape index (κ2) is 5.08. The van der Waals surface area contributed by atoms with Crippen LogP contribution in [0.15, 0.2) is 0 Å². The first-order chi connectivity index (χ1) is 6.94. The van der Waals surface area contributed by atoms with Crippen LogP contribution in [0.5, 0.6) is 0 Å². The number of hydrogen-bond acceptors (Lipinski definition) is 3. The van der Waals surface area contributed by atoms with Crippen LogP contribution in [-0.4, -0.2) is 10.5 Å². The fraction of sp³-hybridized carbons (Fsp3) is 0.750. The molecule has 2 nitrogen and oxygen atoms in total. The summed E-state index contributed by atoms with van der Waals surface area (Å²) >= 11 is 1.80. The minimum Gasteiger partial charge on any atom is -0.305 e. The van der Waals surface area contributed by atoms with Crippen LogP contribution < -0.4 is 5.32 Å². The lowest BCUT2D eigenvalue weighted by Gasteiger charge is -2.25. The van der Waals surface area contributed by atoms with Crippen molar-refractivity contribution >= 4 is 11.3 Å². The van der Waals surface area contributed by atoms with Crippen molar-refractivity contribution in [3.63, 3.8) is 0 Å². The van der Waals surface area contributed by atoms with Crippen LogP contribution in [0.2, 0.25) is 0 Å². The molecular weight excluding hydrogens is 204 g/mol. The van der Waals surface area contributed by atoms with Crippen molar-refractivity contribution in [2.45, 2.75) is 59.5 Å². The van der Waals surface area contributed by atoms with Gasteiger partial charge >= 0.3 is 0 Å². The first-order valence-corrected chi connectivity index (χ1v) is 6.44. The van der Waals surface area contributed by atoms with Gasteiger partial charge < -0.3 is 5.32 Å². The molecule has 1 aromatic rings. The molecule has 1 rings (SSSR count). The summed E-state index contributed by atoms with van der Waals surface area (Å²) in [5.41, 5.74) is 1.40. The van der Waals surface area contributed by atoms with E-state index in [0.29, 0.717) is 0 Å². The van der Waals surface area contributed by atoms with Crippen LogP contribution in [0.25, 0.3) is 0 Å². The van der Waals surface area contributed by atoms with E-state index in [1.165, 1.54) is 28.4 Å². The molecule has 1 heterocycles. The van der Waals surface area contributed by atoms with Gasteiger partial charge in [0.1, 0.15) is 5.01 Å².